The molecule has 23 heavy (non-hydrogen) atoms. The first-order valence-corrected chi connectivity index (χ1v) is 9.49. The molecule has 1 saturated heterocycles. The van der Waals surface area contributed by atoms with Gasteiger partial charge in [0.15, 0.2) is 5.78 Å². The molecule has 3 nitrogen and oxygen atoms in total. The maximum atomic E-state index is 12.4. The summed E-state index contributed by atoms with van der Waals surface area (Å²) in [6, 6.07) is 14.8. The van der Waals surface area contributed by atoms with Gasteiger partial charge in [0.25, 0.3) is 5.91 Å². The monoisotopic (exact) mass is 343 g/mol. The summed E-state index contributed by atoms with van der Waals surface area (Å²) in [5.41, 5.74) is 2.92. The number of rotatable bonds is 4. The van der Waals surface area contributed by atoms with Crippen LogP contribution < -0.4 is 5.32 Å². The Hall–Kier alpha value is -1.72. The van der Waals surface area contributed by atoms with Crippen LogP contribution in [0, 0.1) is 0 Å². The fourth-order valence-electron chi connectivity index (χ4n) is 2.44. The number of carbonyl (C=O) groups is 2. The standard InChI is InChI=1S/C18H17NO2S2/c1-12(20)15-4-2-3-5-16(15)19-17(21)13-6-8-14(9-7-13)18-22-10-11-23-18/h2-9,18H,10-11H2,1H3,(H,19,21). The number of para-hydroxylation sites is 1. The smallest absolute Gasteiger partial charge is 0.255 e. The third-order valence-electron chi connectivity index (χ3n) is 3.62. The van der Waals surface area contributed by atoms with Crippen LogP contribution >= 0.6 is 23.5 Å². The largest absolute Gasteiger partial charge is 0.321 e. The molecule has 118 valence electrons. The number of thioether (sulfide) groups is 2. The number of hydrogen-bond acceptors (Lipinski definition) is 4. The van der Waals surface area contributed by atoms with Crippen molar-refractivity contribution in [2.75, 3.05) is 16.8 Å². The highest BCUT2D eigenvalue weighted by Crippen LogP contribution is 2.45. The number of benzene rings is 2. The Morgan fingerprint density at radius 1 is 1.00 bits per heavy atom. The fourth-order valence-corrected chi connectivity index (χ4v) is 5.30. The van der Waals surface area contributed by atoms with Crippen molar-refractivity contribution >= 4 is 40.9 Å². The van der Waals surface area contributed by atoms with Gasteiger partial charge in [-0.2, -0.15) is 0 Å². The van der Waals surface area contributed by atoms with Gasteiger partial charge in [0.1, 0.15) is 0 Å². The Balaban J connectivity index is 1.74. The van der Waals surface area contributed by atoms with Crippen molar-refractivity contribution < 1.29 is 9.59 Å². The zero-order valence-electron chi connectivity index (χ0n) is 12.7. The molecule has 0 aliphatic carbocycles. The van der Waals surface area contributed by atoms with Gasteiger partial charge in [-0.1, -0.05) is 24.3 Å². The average molecular weight is 343 g/mol. The van der Waals surface area contributed by atoms with E-state index in [1.54, 1.807) is 24.3 Å². The van der Waals surface area contributed by atoms with E-state index in [1.807, 2.05) is 47.8 Å². The van der Waals surface area contributed by atoms with Gasteiger partial charge < -0.3 is 5.32 Å². The van der Waals surface area contributed by atoms with E-state index in [2.05, 4.69) is 5.32 Å². The molecule has 1 fully saturated rings. The molecule has 0 spiro atoms. The molecule has 2 aromatic rings. The first kappa shape index (κ1) is 16.1. The van der Waals surface area contributed by atoms with Gasteiger partial charge in [0, 0.05) is 22.6 Å². The van der Waals surface area contributed by atoms with Crippen LogP contribution in [-0.4, -0.2) is 23.2 Å². The summed E-state index contributed by atoms with van der Waals surface area (Å²) in [4.78, 5) is 24.0. The lowest BCUT2D eigenvalue weighted by atomic mass is 10.1. The SMILES string of the molecule is CC(=O)c1ccccc1NC(=O)c1ccc(C2SCCS2)cc1. The molecule has 1 amide bonds. The molecule has 1 N–H and O–H groups in total. The maximum absolute atomic E-state index is 12.4. The van der Waals surface area contributed by atoms with Crippen molar-refractivity contribution in [2.45, 2.75) is 11.5 Å². The molecule has 1 heterocycles. The summed E-state index contributed by atoms with van der Waals surface area (Å²) in [6.45, 7) is 1.50. The number of carbonyl (C=O) groups excluding carboxylic acids is 2. The van der Waals surface area contributed by atoms with Crippen molar-refractivity contribution in [1.82, 2.24) is 0 Å². The van der Waals surface area contributed by atoms with E-state index in [1.165, 1.54) is 24.0 Å². The molecular formula is C18H17NO2S2. The van der Waals surface area contributed by atoms with E-state index in [4.69, 9.17) is 0 Å². The predicted octanol–water partition coefficient (Wildman–Crippen LogP) is 4.62. The molecule has 2 aromatic carbocycles. The van der Waals surface area contributed by atoms with E-state index in [-0.39, 0.29) is 11.7 Å². The summed E-state index contributed by atoms with van der Waals surface area (Å²) in [5.74, 6) is 2.10. The number of nitrogens with one attached hydrogen (secondary N) is 1. The summed E-state index contributed by atoms with van der Waals surface area (Å²) in [6.07, 6.45) is 0. The highest BCUT2D eigenvalue weighted by atomic mass is 32.2. The molecule has 3 rings (SSSR count). The van der Waals surface area contributed by atoms with E-state index in [9.17, 15) is 9.59 Å². The van der Waals surface area contributed by atoms with Crippen LogP contribution in [0.1, 0.15) is 37.8 Å². The van der Waals surface area contributed by atoms with Gasteiger partial charge in [-0.05, 0) is 36.8 Å². The second kappa shape index (κ2) is 7.23. The zero-order chi connectivity index (χ0) is 16.2. The van der Waals surface area contributed by atoms with E-state index >= 15 is 0 Å². The zero-order valence-corrected chi connectivity index (χ0v) is 14.4. The molecule has 0 atom stereocenters. The van der Waals surface area contributed by atoms with Crippen LogP contribution in [0.2, 0.25) is 0 Å². The summed E-state index contributed by atoms with van der Waals surface area (Å²) >= 11 is 3.88. The van der Waals surface area contributed by atoms with E-state index in [0.717, 1.165) is 0 Å². The van der Waals surface area contributed by atoms with Crippen molar-refractivity contribution in [3.8, 4) is 0 Å². The quantitative estimate of drug-likeness (QED) is 0.823. The number of amides is 1. The molecule has 0 bridgehead atoms. The van der Waals surface area contributed by atoms with Crippen LogP contribution in [0.3, 0.4) is 0 Å². The number of anilines is 1. The third-order valence-corrected chi connectivity index (χ3v) is 6.73. The minimum atomic E-state index is -0.197. The summed E-state index contributed by atoms with van der Waals surface area (Å²) < 4.78 is 0.477. The lowest BCUT2D eigenvalue weighted by molar-refractivity contribution is 0.101. The van der Waals surface area contributed by atoms with Gasteiger partial charge in [-0.25, -0.2) is 0 Å². The van der Waals surface area contributed by atoms with Crippen LogP contribution in [0.5, 0.6) is 0 Å². The highest BCUT2D eigenvalue weighted by molar-refractivity contribution is 8.19. The van der Waals surface area contributed by atoms with Crippen LogP contribution in [0.15, 0.2) is 48.5 Å². The van der Waals surface area contributed by atoms with Crippen molar-refractivity contribution in [3.05, 3.63) is 65.2 Å². The van der Waals surface area contributed by atoms with Crippen LogP contribution in [-0.2, 0) is 0 Å². The molecule has 0 radical (unpaired) electrons. The molecular weight excluding hydrogens is 326 g/mol. The predicted molar refractivity (Wildman–Crippen MR) is 98.5 cm³/mol. The lowest BCUT2D eigenvalue weighted by Crippen LogP contribution is -2.14. The average Bonchev–Trinajstić information content (AvgIpc) is 3.10. The number of hydrogen-bond donors (Lipinski definition) is 1. The van der Waals surface area contributed by atoms with Gasteiger partial charge in [0.2, 0.25) is 0 Å². The molecule has 0 unspecified atom stereocenters. The van der Waals surface area contributed by atoms with Crippen LogP contribution in [0.25, 0.3) is 0 Å². The lowest BCUT2D eigenvalue weighted by Gasteiger charge is -2.11. The number of ketones is 1. The normalized spacial score (nSPS) is 14.7. The topological polar surface area (TPSA) is 46.2 Å². The fraction of sp³-hybridized carbons (Fsp3) is 0.222. The van der Waals surface area contributed by atoms with E-state index < -0.39 is 0 Å². The van der Waals surface area contributed by atoms with Crippen molar-refractivity contribution in [3.63, 3.8) is 0 Å². The Labute approximate surface area is 144 Å². The van der Waals surface area contributed by atoms with E-state index in [0.29, 0.717) is 21.4 Å². The Kier molecular flexibility index (Phi) is 5.08. The Bertz CT molecular complexity index is 722. The van der Waals surface area contributed by atoms with Gasteiger partial charge >= 0.3 is 0 Å². The number of Topliss-reactive ketones (excluding diaryl/α,β-unsaturated/α-hetero) is 1. The van der Waals surface area contributed by atoms with Gasteiger partial charge in [-0.3, -0.25) is 9.59 Å². The maximum Gasteiger partial charge on any atom is 0.255 e. The van der Waals surface area contributed by atoms with Crippen molar-refractivity contribution in [2.24, 2.45) is 0 Å². The molecule has 1 aliphatic rings. The summed E-state index contributed by atoms with van der Waals surface area (Å²) in [5, 5.41) is 2.83. The third kappa shape index (κ3) is 3.79. The molecule has 5 heteroatoms. The Morgan fingerprint density at radius 3 is 2.30 bits per heavy atom. The van der Waals surface area contributed by atoms with Crippen LogP contribution in [0.4, 0.5) is 5.69 Å². The minimum Gasteiger partial charge on any atom is -0.321 e. The second-order valence-corrected chi connectivity index (χ2v) is 7.98. The molecule has 0 saturated carbocycles. The first-order valence-electron chi connectivity index (χ1n) is 7.39. The minimum absolute atomic E-state index is 0.0634. The molecule has 0 aromatic heterocycles. The van der Waals surface area contributed by atoms with Gasteiger partial charge in [-0.15, -0.1) is 23.5 Å². The second-order valence-electron chi connectivity index (χ2n) is 5.25. The van der Waals surface area contributed by atoms with Gasteiger partial charge in [0.05, 0.1) is 10.3 Å². The summed E-state index contributed by atoms with van der Waals surface area (Å²) in [7, 11) is 0. The molecule has 1 aliphatic heterocycles. The van der Waals surface area contributed by atoms with Crippen molar-refractivity contribution in [1.29, 1.82) is 0 Å². The Morgan fingerprint density at radius 2 is 1.65 bits per heavy atom. The first-order chi connectivity index (χ1) is 11.1. The highest BCUT2D eigenvalue weighted by Gasteiger charge is 2.18.